The van der Waals surface area contributed by atoms with Crippen LogP contribution in [0, 0.1) is 23.7 Å². The topological polar surface area (TPSA) is 37.3 Å². The average Bonchev–Trinajstić information content (AvgIpc) is 3.12. The first-order valence-electron chi connectivity index (χ1n) is 7.24. The van der Waals surface area contributed by atoms with Gasteiger partial charge in [0.1, 0.15) is 6.10 Å². The molecule has 2 bridgehead atoms. The zero-order chi connectivity index (χ0) is 13.0. The van der Waals surface area contributed by atoms with Crippen molar-refractivity contribution in [3.8, 4) is 0 Å². The van der Waals surface area contributed by atoms with Crippen LogP contribution >= 0.6 is 0 Å². The molecule has 0 amide bonds. The van der Waals surface area contributed by atoms with E-state index >= 15 is 0 Å². The van der Waals surface area contributed by atoms with Crippen LogP contribution in [0.5, 0.6) is 0 Å². The molecule has 4 rings (SSSR count). The van der Waals surface area contributed by atoms with Crippen LogP contribution in [0.15, 0.2) is 42.0 Å². The van der Waals surface area contributed by atoms with Gasteiger partial charge in [0.05, 0.1) is 0 Å². The van der Waals surface area contributed by atoms with Gasteiger partial charge in [-0.15, -0.1) is 0 Å². The van der Waals surface area contributed by atoms with E-state index in [9.17, 15) is 9.90 Å². The van der Waals surface area contributed by atoms with Crippen LogP contribution in [-0.2, 0) is 4.79 Å². The quantitative estimate of drug-likeness (QED) is 0.881. The number of hydrogen-bond acceptors (Lipinski definition) is 2. The molecular weight excluding hydrogens is 236 g/mol. The second kappa shape index (κ2) is 4.04. The van der Waals surface area contributed by atoms with Gasteiger partial charge >= 0.3 is 0 Å². The van der Waals surface area contributed by atoms with Crippen molar-refractivity contribution in [2.45, 2.75) is 25.4 Å². The molecule has 1 aromatic rings. The Morgan fingerprint density at radius 1 is 1.11 bits per heavy atom. The van der Waals surface area contributed by atoms with Crippen LogP contribution in [0.3, 0.4) is 0 Å². The zero-order valence-electron chi connectivity index (χ0n) is 10.8. The van der Waals surface area contributed by atoms with E-state index in [1.807, 2.05) is 30.3 Å². The van der Waals surface area contributed by atoms with Crippen LogP contribution < -0.4 is 0 Å². The van der Waals surface area contributed by atoms with Gasteiger partial charge < -0.3 is 5.11 Å². The number of benzene rings is 1. The maximum atomic E-state index is 12.6. The second-order valence-electron chi connectivity index (χ2n) is 6.24. The summed E-state index contributed by atoms with van der Waals surface area (Å²) in [6.07, 6.45) is 5.06. The molecule has 2 saturated carbocycles. The summed E-state index contributed by atoms with van der Waals surface area (Å²) in [6, 6.07) is 9.52. The van der Waals surface area contributed by atoms with Crippen molar-refractivity contribution in [2.24, 2.45) is 23.7 Å². The molecule has 0 aliphatic heterocycles. The van der Waals surface area contributed by atoms with E-state index in [0.717, 1.165) is 5.56 Å². The molecule has 0 aromatic heterocycles. The van der Waals surface area contributed by atoms with E-state index in [2.05, 4.69) is 6.08 Å². The van der Waals surface area contributed by atoms with Crippen LogP contribution in [-0.4, -0.2) is 10.9 Å². The fourth-order valence-electron chi connectivity index (χ4n) is 4.49. The molecule has 2 nitrogen and oxygen atoms in total. The molecule has 98 valence electrons. The predicted octanol–water partition coefficient (Wildman–Crippen LogP) is 2.89. The highest BCUT2D eigenvalue weighted by atomic mass is 16.3. The minimum atomic E-state index is -0.737. The van der Waals surface area contributed by atoms with E-state index in [-0.39, 0.29) is 11.7 Å². The van der Waals surface area contributed by atoms with Gasteiger partial charge in [0.15, 0.2) is 5.78 Å². The number of allylic oxidation sites excluding steroid dienone is 1. The summed E-state index contributed by atoms with van der Waals surface area (Å²) >= 11 is 0. The van der Waals surface area contributed by atoms with E-state index in [4.69, 9.17) is 0 Å². The minimum Gasteiger partial charge on any atom is -0.384 e. The third-order valence-corrected chi connectivity index (χ3v) is 5.35. The summed E-state index contributed by atoms with van der Waals surface area (Å²) in [6.45, 7) is 0. The zero-order valence-corrected chi connectivity index (χ0v) is 10.8. The van der Waals surface area contributed by atoms with Gasteiger partial charge in [-0.25, -0.2) is 0 Å². The summed E-state index contributed by atoms with van der Waals surface area (Å²) in [7, 11) is 0. The lowest BCUT2D eigenvalue weighted by atomic mass is 9.81. The lowest BCUT2D eigenvalue weighted by Crippen LogP contribution is -2.24. The number of fused-ring (bicyclic) bond motifs is 5. The van der Waals surface area contributed by atoms with Crippen molar-refractivity contribution in [2.75, 3.05) is 0 Å². The highest BCUT2D eigenvalue weighted by molar-refractivity contribution is 6.01. The van der Waals surface area contributed by atoms with Gasteiger partial charge in [-0.3, -0.25) is 4.79 Å². The SMILES string of the molecule is O=C1C([C@@H](O)c2ccccc2)=C[C@@H]2[C@H]3CC[C@H](C3)[C@H]12. The third kappa shape index (κ3) is 1.56. The number of ketones is 1. The van der Waals surface area contributed by atoms with Gasteiger partial charge in [0.2, 0.25) is 0 Å². The number of aliphatic hydroxyl groups excluding tert-OH is 1. The molecule has 1 aromatic carbocycles. The number of aliphatic hydroxyl groups is 1. The standard InChI is InChI=1S/C17H18O2/c18-16(10-4-2-1-3-5-10)14-9-13-11-6-7-12(8-11)15(13)17(14)19/h1-5,9,11-13,15-16,18H,6-8H2/t11-,12+,13+,15-,16-/m0/s1. The molecule has 0 saturated heterocycles. The number of hydrogen-bond donors (Lipinski definition) is 1. The Morgan fingerprint density at radius 2 is 1.84 bits per heavy atom. The summed E-state index contributed by atoms with van der Waals surface area (Å²) in [5.41, 5.74) is 1.48. The van der Waals surface area contributed by atoms with Gasteiger partial charge in [-0.2, -0.15) is 0 Å². The fraction of sp³-hybridized carbons (Fsp3) is 0.471. The lowest BCUT2D eigenvalue weighted by Gasteiger charge is -2.22. The maximum Gasteiger partial charge on any atom is 0.165 e. The molecule has 3 aliphatic rings. The van der Waals surface area contributed by atoms with Gasteiger partial charge in [0, 0.05) is 11.5 Å². The molecule has 0 heterocycles. The number of carbonyl (C=O) groups is 1. The smallest absolute Gasteiger partial charge is 0.165 e. The van der Waals surface area contributed by atoms with Gasteiger partial charge in [-0.05, 0) is 42.6 Å². The van der Waals surface area contributed by atoms with Crippen LogP contribution in [0.4, 0.5) is 0 Å². The number of carbonyl (C=O) groups excluding carboxylic acids is 1. The second-order valence-corrected chi connectivity index (χ2v) is 6.24. The Bertz CT molecular complexity index is 546. The van der Waals surface area contributed by atoms with Crippen molar-refractivity contribution in [1.29, 1.82) is 0 Å². The summed E-state index contributed by atoms with van der Waals surface area (Å²) < 4.78 is 0. The normalized spacial score (nSPS) is 37.3. The largest absolute Gasteiger partial charge is 0.384 e. The van der Waals surface area contributed by atoms with E-state index in [1.54, 1.807) is 0 Å². The van der Waals surface area contributed by atoms with Crippen molar-refractivity contribution in [1.82, 2.24) is 0 Å². The first-order valence-corrected chi connectivity index (χ1v) is 7.24. The van der Waals surface area contributed by atoms with Crippen molar-refractivity contribution in [3.63, 3.8) is 0 Å². The molecule has 2 fully saturated rings. The van der Waals surface area contributed by atoms with Gasteiger partial charge in [0.25, 0.3) is 0 Å². The van der Waals surface area contributed by atoms with E-state index in [0.29, 0.717) is 23.3 Å². The molecule has 2 heteroatoms. The summed E-state index contributed by atoms with van der Waals surface area (Å²) in [5.74, 6) is 2.10. The molecule has 3 aliphatic carbocycles. The monoisotopic (exact) mass is 254 g/mol. The average molecular weight is 254 g/mol. The molecule has 19 heavy (non-hydrogen) atoms. The molecular formula is C17H18O2. The fourth-order valence-corrected chi connectivity index (χ4v) is 4.49. The minimum absolute atomic E-state index is 0.187. The lowest BCUT2D eigenvalue weighted by molar-refractivity contribution is -0.121. The summed E-state index contributed by atoms with van der Waals surface area (Å²) in [4.78, 5) is 12.6. The maximum absolute atomic E-state index is 12.6. The highest BCUT2D eigenvalue weighted by Gasteiger charge is 2.54. The van der Waals surface area contributed by atoms with Gasteiger partial charge in [-0.1, -0.05) is 36.4 Å². The number of Topliss-reactive ketones (excluding diaryl/α,β-unsaturated/α-hetero) is 1. The van der Waals surface area contributed by atoms with Crippen molar-refractivity contribution < 1.29 is 9.90 Å². The molecule has 1 N–H and O–H groups in total. The molecule has 0 spiro atoms. The first-order chi connectivity index (χ1) is 9.25. The third-order valence-electron chi connectivity index (χ3n) is 5.35. The molecule has 5 atom stereocenters. The summed E-state index contributed by atoms with van der Waals surface area (Å²) in [5, 5.41) is 10.4. The Kier molecular flexibility index (Phi) is 2.43. The first kappa shape index (κ1) is 11.4. The van der Waals surface area contributed by atoms with Crippen molar-refractivity contribution >= 4 is 5.78 Å². The Balaban J connectivity index is 1.66. The Hall–Kier alpha value is -1.41. The molecule has 0 radical (unpaired) electrons. The van der Waals surface area contributed by atoms with E-state index < -0.39 is 6.10 Å². The van der Waals surface area contributed by atoms with Crippen LogP contribution in [0.2, 0.25) is 0 Å². The Labute approximate surface area is 113 Å². The van der Waals surface area contributed by atoms with E-state index in [1.165, 1.54) is 19.3 Å². The molecule has 0 unspecified atom stereocenters. The number of rotatable bonds is 2. The van der Waals surface area contributed by atoms with Crippen LogP contribution in [0.1, 0.15) is 30.9 Å². The Morgan fingerprint density at radius 3 is 2.58 bits per heavy atom. The van der Waals surface area contributed by atoms with Crippen LogP contribution in [0.25, 0.3) is 0 Å². The predicted molar refractivity (Wildman–Crippen MR) is 72.3 cm³/mol. The highest BCUT2D eigenvalue weighted by Crippen LogP contribution is 2.57. The van der Waals surface area contributed by atoms with Crippen molar-refractivity contribution in [3.05, 3.63) is 47.5 Å².